The van der Waals surface area contributed by atoms with Crippen LogP contribution in [0.5, 0.6) is 0 Å². The molecule has 3 aromatic rings. The van der Waals surface area contributed by atoms with Crippen molar-refractivity contribution in [1.82, 2.24) is 0 Å². The van der Waals surface area contributed by atoms with Gasteiger partial charge in [-0.2, -0.15) is 0 Å². The van der Waals surface area contributed by atoms with Gasteiger partial charge in [-0.1, -0.05) is 73.3 Å². The van der Waals surface area contributed by atoms with Gasteiger partial charge in [0.1, 0.15) is 0 Å². The summed E-state index contributed by atoms with van der Waals surface area (Å²) in [6.07, 6.45) is 6.02. The van der Waals surface area contributed by atoms with E-state index in [-0.39, 0.29) is 0 Å². The Hall–Kier alpha value is -2.68. The predicted octanol–water partition coefficient (Wildman–Crippen LogP) is 6.07. The lowest BCUT2D eigenvalue weighted by atomic mass is 9.87. The highest BCUT2D eigenvalue weighted by Crippen LogP contribution is 2.43. The second-order valence-electron chi connectivity index (χ2n) is 6.84. The van der Waals surface area contributed by atoms with Crippen LogP contribution in [0.25, 0.3) is 22.9 Å². The first-order chi connectivity index (χ1) is 13.2. The Bertz CT molecular complexity index is 1020. The molecule has 0 bridgehead atoms. The SMILES string of the molecule is C=Cc1ccc(C2(c3c(C)ccc4ccccc34)OCCO2)cc1/C=C\C. The Morgan fingerprint density at radius 3 is 2.48 bits per heavy atom. The maximum atomic E-state index is 6.34. The molecule has 27 heavy (non-hydrogen) atoms. The summed E-state index contributed by atoms with van der Waals surface area (Å²) < 4.78 is 12.7. The van der Waals surface area contributed by atoms with Crippen molar-refractivity contribution in [1.29, 1.82) is 0 Å². The number of hydrogen-bond donors (Lipinski definition) is 0. The van der Waals surface area contributed by atoms with Gasteiger partial charge in [0.05, 0.1) is 13.2 Å². The normalized spacial score (nSPS) is 16.2. The minimum atomic E-state index is -0.888. The van der Waals surface area contributed by atoms with Crippen LogP contribution in [0, 0.1) is 6.92 Å². The van der Waals surface area contributed by atoms with E-state index < -0.39 is 5.79 Å². The van der Waals surface area contributed by atoms with Gasteiger partial charge in [-0.05, 0) is 47.4 Å². The summed E-state index contributed by atoms with van der Waals surface area (Å²) in [6, 6.07) is 19.1. The van der Waals surface area contributed by atoms with E-state index in [0.29, 0.717) is 13.2 Å². The molecule has 0 aromatic heterocycles. The lowest BCUT2D eigenvalue weighted by Crippen LogP contribution is -2.30. The van der Waals surface area contributed by atoms with E-state index >= 15 is 0 Å². The zero-order chi connectivity index (χ0) is 18.9. The molecule has 0 aliphatic carbocycles. The lowest BCUT2D eigenvalue weighted by Gasteiger charge is -2.31. The third-order valence-corrected chi connectivity index (χ3v) is 5.19. The summed E-state index contributed by atoms with van der Waals surface area (Å²) in [4.78, 5) is 0. The summed E-state index contributed by atoms with van der Waals surface area (Å²) in [7, 11) is 0. The standard InChI is InChI=1S/C25H24O2/c1-4-8-21-17-22(14-13-19(21)5-2)25(26-15-16-27-25)24-18(3)11-12-20-9-6-7-10-23(20)24/h4-14,17H,2,15-16H2,1,3H3/b8-4-. The Balaban J connectivity index is 2.00. The first-order valence-electron chi connectivity index (χ1n) is 9.36. The highest BCUT2D eigenvalue weighted by Gasteiger charge is 2.43. The highest BCUT2D eigenvalue weighted by molar-refractivity contribution is 5.88. The van der Waals surface area contributed by atoms with Crippen molar-refractivity contribution < 1.29 is 9.47 Å². The van der Waals surface area contributed by atoms with Crippen molar-refractivity contribution in [3.8, 4) is 0 Å². The molecule has 1 heterocycles. The van der Waals surface area contributed by atoms with Gasteiger partial charge in [0.15, 0.2) is 0 Å². The van der Waals surface area contributed by atoms with Crippen LogP contribution in [-0.2, 0) is 15.3 Å². The van der Waals surface area contributed by atoms with Crippen LogP contribution in [0.4, 0.5) is 0 Å². The predicted molar refractivity (Wildman–Crippen MR) is 113 cm³/mol. The number of benzene rings is 3. The minimum absolute atomic E-state index is 0.574. The first kappa shape index (κ1) is 17.7. The topological polar surface area (TPSA) is 18.5 Å². The molecular formula is C25H24O2. The van der Waals surface area contributed by atoms with E-state index in [1.54, 1.807) is 0 Å². The second-order valence-corrected chi connectivity index (χ2v) is 6.84. The molecule has 1 saturated heterocycles. The van der Waals surface area contributed by atoms with Crippen molar-refractivity contribution in [3.05, 3.63) is 95.1 Å². The van der Waals surface area contributed by atoms with Gasteiger partial charge in [-0.3, -0.25) is 0 Å². The molecule has 0 N–H and O–H groups in total. The Morgan fingerprint density at radius 1 is 0.963 bits per heavy atom. The molecule has 0 spiro atoms. The molecule has 136 valence electrons. The zero-order valence-electron chi connectivity index (χ0n) is 15.9. The summed E-state index contributed by atoms with van der Waals surface area (Å²) in [6.45, 7) is 9.23. The van der Waals surface area contributed by atoms with Gasteiger partial charge >= 0.3 is 0 Å². The maximum Gasteiger partial charge on any atom is 0.223 e. The molecule has 1 aliphatic heterocycles. The van der Waals surface area contributed by atoms with Crippen LogP contribution in [0.15, 0.2) is 67.3 Å². The van der Waals surface area contributed by atoms with E-state index in [9.17, 15) is 0 Å². The monoisotopic (exact) mass is 356 g/mol. The fourth-order valence-electron chi connectivity index (χ4n) is 3.97. The molecule has 3 aromatic carbocycles. The number of hydrogen-bond acceptors (Lipinski definition) is 2. The van der Waals surface area contributed by atoms with Crippen molar-refractivity contribution in [2.45, 2.75) is 19.6 Å². The largest absolute Gasteiger partial charge is 0.340 e. The smallest absolute Gasteiger partial charge is 0.223 e. The van der Waals surface area contributed by atoms with Crippen LogP contribution in [0.1, 0.15) is 34.7 Å². The Labute approximate surface area is 160 Å². The summed E-state index contributed by atoms with van der Waals surface area (Å²) in [5, 5.41) is 2.35. The fourth-order valence-corrected chi connectivity index (χ4v) is 3.97. The number of fused-ring (bicyclic) bond motifs is 1. The molecule has 1 aliphatic rings. The van der Waals surface area contributed by atoms with Crippen molar-refractivity contribution in [2.75, 3.05) is 13.2 Å². The third kappa shape index (κ3) is 2.91. The average Bonchev–Trinajstić information content (AvgIpc) is 3.18. The van der Waals surface area contributed by atoms with E-state index in [1.807, 2.05) is 19.1 Å². The number of rotatable bonds is 4. The molecular weight excluding hydrogens is 332 g/mol. The maximum absolute atomic E-state index is 6.34. The zero-order valence-corrected chi connectivity index (χ0v) is 15.9. The molecule has 1 fully saturated rings. The van der Waals surface area contributed by atoms with Crippen LogP contribution in [0.2, 0.25) is 0 Å². The second kappa shape index (κ2) is 7.15. The van der Waals surface area contributed by atoms with Gasteiger partial charge < -0.3 is 9.47 Å². The van der Waals surface area contributed by atoms with Gasteiger partial charge in [0.25, 0.3) is 0 Å². The number of ether oxygens (including phenoxy) is 2. The van der Waals surface area contributed by atoms with Crippen LogP contribution in [0.3, 0.4) is 0 Å². The third-order valence-electron chi connectivity index (χ3n) is 5.19. The molecule has 0 atom stereocenters. The molecule has 2 heteroatoms. The van der Waals surface area contributed by atoms with E-state index in [4.69, 9.17) is 9.47 Å². The highest BCUT2D eigenvalue weighted by atomic mass is 16.7. The Morgan fingerprint density at radius 2 is 1.74 bits per heavy atom. The van der Waals surface area contributed by atoms with Crippen molar-refractivity contribution in [2.24, 2.45) is 0 Å². The summed E-state index contributed by atoms with van der Waals surface area (Å²) in [5.74, 6) is -0.888. The number of allylic oxidation sites excluding steroid dienone is 1. The first-order valence-corrected chi connectivity index (χ1v) is 9.36. The molecule has 2 nitrogen and oxygen atoms in total. The Kier molecular flexibility index (Phi) is 4.69. The molecule has 0 radical (unpaired) electrons. The lowest BCUT2D eigenvalue weighted by molar-refractivity contribution is -0.129. The van der Waals surface area contributed by atoms with Crippen LogP contribution >= 0.6 is 0 Å². The molecule has 0 amide bonds. The summed E-state index contributed by atoms with van der Waals surface area (Å²) in [5.41, 5.74) is 5.48. The van der Waals surface area contributed by atoms with E-state index in [2.05, 4.69) is 74.2 Å². The average molecular weight is 356 g/mol. The molecule has 0 saturated carbocycles. The minimum Gasteiger partial charge on any atom is -0.340 e. The van der Waals surface area contributed by atoms with Gasteiger partial charge in [-0.15, -0.1) is 0 Å². The van der Waals surface area contributed by atoms with Crippen molar-refractivity contribution in [3.63, 3.8) is 0 Å². The van der Waals surface area contributed by atoms with E-state index in [1.165, 1.54) is 10.8 Å². The number of aryl methyl sites for hydroxylation is 1. The van der Waals surface area contributed by atoms with E-state index in [0.717, 1.165) is 27.8 Å². The van der Waals surface area contributed by atoms with Crippen LogP contribution in [-0.4, -0.2) is 13.2 Å². The summed E-state index contributed by atoms with van der Waals surface area (Å²) >= 11 is 0. The van der Waals surface area contributed by atoms with Gasteiger partial charge in [-0.25, -0.2) is 0 Å². The molecule has 4 rings (SSSR count). The van der Waals surface area contributed by atoms with Crippen molar-refractivity contribution >= 4 is 22.9 Å². The van der Waals surface area contributed by atoms with Crippen LogP contribution < -0.4 is 0 Å². The van der Waals surface area contributed by atoms with Gasteiger partial charge in [0.2, 0.25) is 5.79 Å². The quantitative estimate of drug-likeness (QED) is 0.565. The van der Waals surface area contributed by atoms with Gasteiger partial charge in [0, 0.05) is 11.1 Å². The fraction of sp³-hybridized carbons (Fsp3) is 0.200. The molecule has 0 unspecified atom stereocenters.